The molecule has 3 rings (SSSR count). The Bertz CT molecular complexity index is 584. The van der Waals surface area contributed by atoms with E-state index in [0.717, 1.165) is 31.9 Å². The van der Waals surface area contributed by atoms with Crippen LogP contribution >= 0.6 is 0 Å². The maximum Gasteiger partial charge on any atom is 0.225 e. The minimum Gasteiger partial charge on any atom is -0.487 e. The molecule has 0 N–H and O–H groups in total. The van der Waals surface area contributed by atoms with Gasteiger partial charge in [-0.25, -0.2) is 0 Å². The van der Waals surface area contributed by atoms with Crippen molar-refractivity contribution in [1.29, 1.82) is 0 Å². The van der Waals surface area contributed by atoms with Gasteiger partial charge in [-0.1, -0.05) is 19.1 Å². The van der Waals surface area contributed by atoms with Crippen LogP contribution in [0, 0.1) is 0 Å². The molecule has 1 aromatic carbocycles. The van der Waals surface area contributed by atoms with Crippen molar-refractivity contribution >= 4 is 5.91 Å². The maximum atomic E-state index is 12.4. The molecular formula is C20H30N2O3. The van der Waals surface area contributed by atoms with Crippen LogP contribution in [0.15, 0.2) is 24.3 Å². The van der Waals surface area contributed by atoms with Crippen LogP contribution in [0.1, 0.15) is 32.8 Å². The Balaban J connectivity index is 1.42. The van der Waals surface area contributed by atoms with Crippen molar-refractivity contribution in [3.63, 3.8) is 0 Å². The summed E-state index contributed by atoms with van der Waals surface area (Å²) in [6.45, 7) is 10.4. The van der Waals surface area contributed by atoms with Crippen LogP contribution < -0.4 is 4.74 Å². The Morgan fingerprint density at radius 2 is 2.12 bits per heavy atom. The predicted octanol–water partition coefficient (Wildman–Crippen LogP) is 2.34. The molecule has 1 amide bonds. The number of ether oxygens (including phenoxy) is 2. The van der Waals surface area contributed by atoms with E-state index in [1.54, 1.807) is 0 Å². The van der Waals surface area contributed by atoms with Gasteiger partial charge in [0.2, 0.25) is 5.91 Å². The predicted molar refractivity (Wildman–Crippen MR) is 97.9 cm³/mol. The minimum absolute atomic E-state index is 0.0184. The zero-order chi connectivity index (χ0) is 17.8. The Morgan fingerprint density at radius 3 is 2.84 bits per heavy atom. The summed E-state index contributed by atoms with van der Waals surface area (Å²) in [5, 5.41) is 0. The Kier molecular flexibility index (Phi) is 5.97. The van der Waals surface area contributed by atoms with Crippen LogP contribution in [0.2, 0.25) is 0 Å². The standard InChI is InChI=1S/C20H30N2O3/c1-4-16-6-5-7-17(10-16)25-19-13-22(14-19)20(23)11-18-12-21(15(2)3)8-9-24-18/h5-7,10,15,18-19H,4,8-9,11-14H2,1-3H3/t18-/m0/s1. The number of carbonyl (C=O) groups excluding carboxylic acids is 1. The summed E-state index contributed by atoms with van der Waals surface area (Å²) in [6.07, 6.45) is 1.60. The summed E-state index contributed by atoms with van der Waals surface area (Å²) < 4.78 is 11.8. The summed E-state index contributed by atoms with van der Waals surface area (Å²) >= 11 is 0. The first-order valence-corrected chi connectivity index (χ1v) is 9.44. The van der Waals surface area contributed by atoms with Crippen LogP contribution in [-0.4, -0.2) is 66.7 Å². The SMILES string of the molecule is CCc1cccc(OC2CN(C(=O)C[C@H]3CN(C(C)C)CCO3)C2)c1. The van der Waals surface area contributed by atoms with Gasteiger partial charge in [0.25, 0.3) is 0 Å². The third kappa shape index (κ3) is 4.73. The van der Waals surface area contributed by atoms with Crippen LogP contribution in [-0.2, 0) is 16.0 Å². The lowest BCUT2D eigenvalue weighted by Crippen LogP contribution is -2.57. The lowest BCUT2D eigenvalue weighted by Gasteiger charge is -2.41. The Hall–Kier alpha value is -1.59. The van der Waals surface area contributed by atoms with Gasteiger partial charge in [-0.05, 0) is 38.0 Å². The fourth-order valence-electron chi connectivity index (χ4n) is 3.41. The van der Waals surface area contributed by atoms with Crippen LogP contribution in [0.4, 0.5) is 0 Å². The molecule has 2 heterocycles. The van der Waals surface area contributed by atoms with Gasteiger partial charge in [0, 0.05) is 19.1 Å². The lowest BCUT2D eigenvalue weighted by molar-refractivity contribution is -0.145. The van der Waals surface area contributed by atoms with E-state index in [9.17, 15) is 4.79 Å². The molecular weight excluding hydrogens is 316 g/mol. The lowest BCUT2D eigenvalue weighted by atomic mass is 10.1. The van der Waals surface area contributed by atoms with Crippen molar-refractivity contribution in [3.05, 3.63) is 29.8 Å². The maximum absolute atomic E-state index is 12.4. The number of benzene rings is 1. The van der Waals surface area contributed by atoms with Crippen molar-refractivity contribution in [2.45, 2.75) is 51.9 Å². The van der Waals surface area contributed by atoms with E-state index in [0.29, 0.717) is 25.6 Å². The first kappa shape index (κ1) is 18.2. The highest BCUT2D eigenvalue weighted by Gasteiger charge is 2.34. The van der Waals surface area contributed by atoms with Crippen LogP contribution in [0.3, 0.4) is 0 Å². The highest BCUT2D eigenvalue weighted by molar-refractivity contribution is 5.77. The van der Waals surface area contributed by atoms with E-state index < -0.39 is 0 Å². The molecule has 25 heavy (non-hydrogen) atoms. The summed E-state index contributed by atoms with van der Waals surface area (Å²) in [5.74, 6) is 1.08. The van der Waals surface area contributed by atoms with E-state index in [2.05, 4.69) is 37.8 Å². The molecule has 1 aromatic rings. The number of likely N-dealkylation sites (tertiary alicyclic amines) is 1. The molecule has 138 valence electrons. The van der Waals surface area contributed by atoms with Gasteiger partial charge in [0.15, 0.2) is 0 Å². The minimum atomic E-state index is 0.0184. The van der Waals surface area contributed by atoms with E-state index in [4.69, 9.17) is 9.47 Å². The van der Waals surface area contributed by atoms with Crippen LogP contribution in [0.25, 0.3) is 0 Å². The molecule has 2 fully saturated rings. The molecule has 2 aliphatic heterocycles. The van der Waals surface area contributed by atoms with E-state index >= 15 is 0 Å². The molecule has 0 unspecified atom stereocenters. The molecule has 2 saturated heterocycles. The van der Waals surface area contributed by atoms with Crippen molar-refractivity contribution in [1.82, 2.24) is 9.80 Å². The average Bonchev–Trinajstić information content (AvgIpc) is 2.58. The number of hydrogen-bond donors (Lipinski definition) is 0. The number of morpholine rings is 1. The summed E-state index contributed by atoms with van der Waals surface area (Å²) in [4.78, 5) is 16.7. The molecule has 0 aromatic heterocycles. The quantitative estimate of drug-likeness (QED) is 0.793. The second-order valence-electron chi connectivity index (χ2n) is 7.33. The Morgan fingerprint density at radius 1 is 1.32 bits per heavy atom. The van der Waals surface area contributed by atoms with Crippen molar-refractivity contribution in [2.24, 2.45) is 0 Å². The highest BCUT2D eigenvalue weighted by atomic mass is 16.5. The zero-order valence-corrected chi connectivity index (χ0v) is 15.6. The van der Waals surface area contributed by atoms with E-state index in [1.807, 2.05) is 17.0 Å². The monoisotopic (exact) mass is 346 g/mol. The largest absolute Gasteiger partial charge is 0.487 e. The number of carbonyl (C=O) groups is 1. The molecule has 0 radical (unpaired) electrons. The Labute approximate surface area is 150 Å². The number of rotatable bonds is 6. The van der Waals surface area contributed by atoms with Gasteiger partial charge in [0.1, 0.15) is 11.9 Å². The average molecular weight is 346 g/mol. The summed E-state index contributed by atoms with van der Waals surface area (Å²) in [5.41, 5.74) is 1.27. The normalized spacial score (nSPS) is 22.1. The molecule has 0 spiro atoms. The second kappa shape index (κ2) is 8.19. The van der Waals surface area contributed by atoms with E-state index in [1.165, 1.54) is 5.56 Å². The number of amides is 1. The van der Waals surface area contributed by atoms with Crippen molar-refractivity contribution in [2.75, 3.05) is 32.8 Å². The van der Waals surface area contributed by atoms with Crippen LogP contribution in [0.5, 0.6) is 5.75 Å². The third-order valence-corrected chi connectivity index (χ3v) is 5.11. The second-order valence-corrected chi connectivity index (χ2v) is 7.33. The molecule has 2 aliphatic rings. The molecule has 0 aliphatic carbocycles. The summed E-state index contributed by atoms with van der Waals surface area (Å²) in [7, 11) is 0. The molecule has 5 nitrogen and oxygen atoms in total. The molecule has 5 heteroatoms. The summed E-state index contributed by atoms with van der Waals surface area (Å²) in [6, 6.07) is 8.70. The number of nitrogens with zero attached hydrogens (tertiary/aromatic N) is 2. The van der Waals surface area contributed by atoms with Gasteiger partial charge >= 0.3 is 0 Å². The van der Waals surface area contributed by atoms with Crippen molar-refractivity contribution in [3.8, 4) is 5.75 Å². The number of aryl methyl sites for hydroxylation is 1. The fraction of sp³-hybridized carbons (Fsp3) is 0.650. The van der Waals surface area contributed by atoms with Gasteiger partial charge in [-0.2, -0.15) is 0 Å². The third-order valence-electron chi connectivity index (χ3n) is 5.11. The van der Waals surface area contributed by atoms with Gasteiger partial charge in [-0.15, -0.1) is 0 Å². The highest BCUT2D eigenvalue weighted by Crippen LogP contribution is 2.21. The first-order valence-electron chi connectivity index (χ1n) is 9.44. The molecule has 0 bridgehead atoms. The van der Waals surface area contributed by atoms with Crippen molar-refractivity contribution < 1.29 is 14.3 Å². The molecule has 0 saturated carbocycles. The van der Waals surface area contributed by atoms with E-state index in [-0.39, 0.29) is 18.1 Å². The fourth-order valence-corrected chi connectivity index (χ4v) is 3.41. The zero-order valence-electron chi connectivity index (χ0n) is 15.6. The first-order chi connectivity index (χ1) is 12.0. The molecule has 1 atom stereocenters. The van der Waals surface area contributed by atoms with Gasteiger partial charge in [-0.3, -0.25) is 9.69 Å². The topological polar surface area (TPSA) is 42.0 Å². The number of hydrogen-bond acceptors (Lipinski definition) is 4. The van der Waals surface area contributed by atoms with Gasteiger partial charge < -0.3 is 14.4 Å². The smallest absolute Gasteiger partial charge is 0.225 e. The van der Waals surface area contributed by atoms with Gasteiger partial charge in [0.05, 0.1) is 32.2 Å².